The third-order valence-electron chi connectivity index (χ3n) is 3.17. The SMILES string of the molecule is COc1cc(C)c(NC(=O)c2cccc(Cl)c2Cl)cc1OC. The summed E-state index contributed by atoms with van der Waals surface area (Å²) in [4.78, 5) is 12.4. The van der Waals surface area contributed by atoms with E-state index < -0.39 is 0 Å². The van der Waals surface area contributed by atoms with Crippen molar-refractivity contribution in [2.75, 3.05) is 19.5 Å². The van der Waals surface area contributed by atoms with Crippen molar-refractivity contribution in [1.82, 2.24) is 0 Å². The van der Waals surface area contributed by atoms with Crippen LogP contribution in [0.15, 0.2) is 30.3 Å². The number of carbonyl (C=O) groups excluding carboxylic acids is 1. The Bertz CT molecular complexity index is 717. The largest absolute Gasteiger partial charge is 0.493 e. The number of methoxy groups -OCH3 is 2. The summed E-state index contributed by atoms with van der Waals surface area (Å²) in [5, 5.41) is 3.36. The number of benzene rings is 2. The summed E-state index contributed by atoms with van der Waals surface area (Å²) < 4.78 is 10.5. The van der Waals surface area contributed by atoms with E-state index in [1.807, 2.05) is 6.92 Å². The van der Waals surface area contributed by atoms with Gasteiger partial charge in [-0.05, 0) is 30.7 Å². The van der Waals surface area contributed by atoms with Gasteiger partial charge in [0, 0.05) is 11.8 Å². The first-order chi connectivity index (χ1) is 10.5. The van der Waals surface area contributed by atoms with E-state index in [4.69, 9.17) is 32.7 Å². The number of anilines is 1. The summed E-state index contributed by atoms with van der Waals surface area (Å²) in [5.74, 6) is 0.780. The fourth-order valence-electron chi connectivity index (χ4n) is 1.98. The number of nitrogens with one attached hydrogen (secondary N) is 1. The molecule has 0 saturated heterocycles. The van der Waals surface area contributed by atoms with E-state index in [-0.39, 0.29) is 10.9 Å². The molecule has 0 heterocycles. The molecule has 0 fully saturated rings. The Morgan fingerprint density at radius 3 is 2.36 bits per heavy atom. The minimum absolute atomic E-state index is 0.222. The highest BCUT2D eigenvalue weighted by atomic mass is 35.5. The van der Waals surface area contributed by atoms with Gasteiger partial charge in [0.25, 0.3) is 5.91 Å². The van der Waals surface area contributed by atoms with Gasteiger partial charge in [-0.25, -0.2) is 0 Å². The summed E-state index contributed by atoms with van der Waals surface area (Å²) in [6.45, 7) is 1.86. The molecule has 6 heteroatoms. The Hall–Kier alpha value is -1.91. The number of amides is 1. The first-order valence-electron chi connectivity index (χ1n) is 6.46. The van der Waals surface area contributed by atoms with E-state index >= 15 is 0 Å². The maximum absolute atomic E-state index is 12.4. The molecule has 1 amide bonds. The van der Waals surface area contributed by atoms with Gasteiger partial charge in [-0.2, -0.15) is 0 Å². The van der Waals surface area contributed by atoms with Gasteiger partial charge in [-0.15, -0.1) is 0 Å². The number of carbonyl (C=O) groups is 1. The van der Waals surface area contributed by atoms with Crippen LogP contribution in [-0.2, 0) is 0 Å². The van der Waals surface area contributed by atoms with E-state index in [9.17, 15) is 4.79 Å². The summed E-state index contributed by atoms with van der Waals surface area (Å²) in [6, 6.07) is 8.39. The number of hydrogen-bond acceptors (Lipinski definition) is 3. The molecule has 0 aliphatic carbocycles. The van der Waals surface area contributed by atoms with Gasteiger partial charge in [0.05, 0.1) is 29.8 Å². The summed E-state index contributed by atoms with van der Waals surface area (Å²) in [5.41, 5.74) is 1.76. The topological polar surface area (TPSA) is 47.6 Å². The number of rotatable bonds is 4. The van der Waals surface area contributed by atoms with Gasteiger partial charge in [-0.1, -0.05) is 29.3 Å². The lowest BCUT2D eigenvalue weighted by Crippen LogP contribution is -2.13. The second-order valence-electron chi connectivity index (χ2n) is 4.58. The predicted octanol–water partition coefficient (Wildman–Crippen LogP) is 4.57. The molecule has 0 aromatic heterocycles. The Morgan fingerprint density at radius 1 is 1.09 bits per heavy atom. The normalized spacial score (nSPS) is 10.2. The van der Waals surface area contributed by atoms with Gasteiger partial charge in [0.2, 0.25) is 0 Å². The zero-order valence-corrected chi connectivity index (χ0v) is 13.9. The van der Waals surface area contributed by atoms with Gasteiger partial charge < -0.3 is 14.8 Å². The molecular formula is C16H15Cl2NO3. The van der Waals surface area contributed by atoms with E-state index in [0.29, 0.717) is 27.8 Å². The molecule has 0 bridgehead atoms. The highest BCUT2D eigenvalue weighted by Crippen LogP contribution is 2.33. The zero-order chi connectivity index (χ0) is 16.3. The molecule has 1 N–H and O–H groups in total. The molecule has 0 saturated carbocycles. The summed E-state index contributed by atoms with van der Waals surface area (Å²) in [6.07, 6.45) is 0. The van der Waals surface area contributed by atoms with Gasteiger partial charge in [0.1, 0.15) is 0 Å². The number of halogens is 2. The Kier molecular flexibility index (Phi) is 5.16. The molecule has 2 aromatic rings. The predicted molar refractivity (Wildman–Crippen MR) is 88.7 cm³/mol. The minimum Gasteiger partial charge on any atom is -0.493 e. The van der Waals surface area contributed by atoms with Crippen molar-refractivity contribution in [3.05, 3.63) is 51.5 Å². The molecule has 0 aliphatic rings. The third-order valence-corrected chi connectivity index (χ3v) is 3.99. The van der Waals surface area contributed by atoms with Crippen LogP contribution >= 0.6 is 23.2 Å². The van der Waals surface area contributed by atoms with Crippen molar-refractivity contribution in [2.24, 2.45) is 0 Å². The average molecular weight is 340 g/mol. The van der Waals surface area contributed by atoms with Crippen LogP contribution in [0.5, 0.6) is 11.5 Å². The van der Waals surface area contributed by atoms with Crippen LogP contribution in [0.1, 0.15) is 15.9 Å². The highest BCUT2D eigenvalue weighted by Gasteiger charge is 2.15. The van der Waals surface area contributed by atoms with Crippen molar-refractivity contribution in [3.63, 3.8) is 0 Å². The smallest absolute Gasteiger partial charge is 0.257 e. The fourth-order valence-corrected chi connectivity index (χ4v) is 2.37. The number of aryl methyl sites for hydroxylation is 1. The Labute approximate surface area is 138 Å². The lowest BCUT2D eigenvalue weighted by molar-refractivity contribution is 0.102. The lowest BCUT2D eigenvalue weighted by Gasteiger charge is -2.14. The third kappa shape index (κ3) is 3.29. The molecule has 4 nitrogen and oxygen atoms in total. The van der Waals surface area contributed by atoms with Gasteiger partial charge >= 0.3 is 0 Å². The van der Waals surface area contributed by atoms with Crippen LogP contribution in [0.25, 0.3) is 0 Å². The average Bonchev–Trinajstić information content (AvgIpc) is 2.51. The first kappa shape index (κ1) is 16.5. The van der Waals surface area contributed by atoms with E-state index in [1.165, 1.54) is 7.11 Å². The highest BCUT2D eigenvalue weighted by molar-refractivity contribution is 6.44. The molecule has 2 rings (SSSR count). The molecule has 0 atom stereocenters. The van der Waals surface area contributed by atoms with Crippen LogP contribution in [-0.4, -0.2) is 20.1 Å². The van der Waals surface area contributed by atoms with Crippen molar-refractivity contribution >= 4 is 34.8 Å². The number of hydrogen-bond donors (Lipinski definition) is 1. The summed E-state index contributed by atoms with van der Waals surface area (Å²) in [7, 11) is 3.09. The van der Waals surface area contributed by atoms with Crippen LogP contribution in [0.2, 0.25) is 10.0 Å². The van der Waals surface area contributed by atoms with E-state index in [0.717, 1.165) is 5.56 Å². The molecule has 2 aromatic carbocycles. The maximum atomic E-state index is 12.4. The Balaban J connectivity index is 2.34. The van der Waals surface area contributed by atoms with Crippen molar-refractivity contribution in [3.8, 4) is 11.5 Å². The molecule has 0 radical (unpaired) electrons. The minimum atomic E-state index is -0.345. The number of ether oxygens (including phenoxy) is 2. The van der Waals surface area contributed by atoms with Gasteiger partial charge in [0.15, 0.2) is 11.5 Å². The van der Waals surface area contributed by atoms with E-state index in [1.54, 1.807) is 37.4 Å². The van der Waals surface area contributed by atoms with Crippen molar-refractivity contribution in [1.29, 1.82) is 0 Å². The molecule has 22 heavy (non-hydrogen) atoms. The monoisotopic (exact) mass is 339 g/mol. The second-order valence-corrected chi connectivity index (χ2v) is 5.36. The quantitative estimate of drug-likeness (QED) is 0.887. The van der Waals surface area contributed by atoms with Crippen LogP contribution in [0, 0.1) is 6.92 Å². The van der Waals surface area contributed by atoms with Gasteiger partial charge in [-0.3, -0.25) is 4.79 Å². The zero-order valence-electron chi connectivity index (χ0n) is 12.4. The van der Waals surface area contributed by atoms with Crippen molar-refractivity contribution in [2.45, 2.75) is 6.92 Å². The molecule has 116 valence electrons. The molecule has 0 spiro atoms. The van der Waals surface area contributed by atoms with Crippen molar-refractivity contribution < 1.29 is 14.3 Å². The Morgan fingerprint density at radius 2 is 1.73 bits per heavy atom. The van der Waals surface area contributed by atoms with E-state index in [2.05, 4.69) is 5.32 Å². The fraction of sp³-hybridized carbons (Fsp3) is 0.188. The molecule has 0 unspecified atom stereocenters. The maximum Gasteiger partial charge on any atom is 0.257 e. The second kappa shape index (κ2) is 6.90. The van der Waals surface area contributed by atoms with Crippen LogP contribution < -0.4 is 14.8 Å². The standard InChI is InChI=1S/C16H15Cl2NO3/c1-9-7-13(21-2)14(22-3)8-12(9)19-16(20)10-5-4-6-11(17)15(10)18/h4-8H,1-3H3,(H,19,20). The van der Waals surface area contributed by atoms with Crippen LogP contribution in [0.4, 0.5) is 5.69 Å². The summed E-state index contributed by atoms with van der Waals surface area (Å²) >= 11 is 12.0. The van der Waals surface area contributed by atoms with Crippen LogP contribution in [0.3, 0.4) is 0 Å². The molecular weight excluding hydrogens is 325 g/mol. The lowest BCUT2D eigenvalue weighted by atomic mass is 10.1. The first-order valence-corrected chi connectivity index (χ1v) is 7.21. The molecule has 0 aliphatic heterocycles.